The normalized spacial score (nSPS) is 10.2. The molecule has 21 heavy (non-hydrogen) atoms. The molecule has 1 N–H and O–H groups in total. The molecule has 108 valence electrons. The van der Waals surface area contributed by atoms with Crippen molar-refractivity contribution in [1.29, 1.82) is 0 Å². The number of hydrogen-bond donors (Lipinski definition) is 1. The van der Waals surface area contributed by atoms with Crippen molar-refractivity contribution < 1.29 is 14.1 Å². The van der Waals surface area contributed by atoms with Gasteiger partial charge in [0, 0.05) is 17.2 Å². The van der Waals surface area contributed by atoms with Crippen LogP contribution in [0.3, 0.4) is 0 Å². The van der Waals surface area contributed by atoms with E-state index in [9.17, 15) is 19.3 Å². The van der Waals surface area contributed by atoms with Crippen molar-refractivity contribution in [2.24, 2.45) is 0 Å². The number of halogens is 2. The molecule has 2 aromatic rings. The number of rotatable bonds is 3. The highest BCUT2D eigenvalue weighted by Crippen LogP contribution is 2.23. The third kappa shape index (κ3) is 3.35. The second-order valence-electron chi connectivity index (χ2n) is 4.33. The van der Waals surface area contributed by atoms with Crippen LogP contribution in [-0.4, -0.2) is 10.8 Å². The van der Waals surface area contributed by atoms with Crippen molar-refractivity contribution >= 4 is 28.9 Å². The van der Waals surface area contributed by atoms with Crippen molar-refractivity contribution in [1.82, 2.24) is 0 Å². The van der Waals surface area contributed by atoms with E-state index in [2.05, 4.69) is 5.32 Å². The van der Waals surface area contributed by atoms with E-state index in [1.807, 2.05) is 0 Å². The van der Waals surface area contributed by atoms with Crippen LogP contribution in [-0.2, 0) is 0 Å². The van der Waals surface area contributed by atoms with E-state index in [-0.39, 0.29) is 22.0 Å². The zero-order valence-electron chi connectivity index (χ0n) is 10.9. The monoisotopic (exact) mass is 308 g/mol. The van der Waals surface area contributed by atoms with Gasteiger partial charge >= 0.3 is 0 Å². The van der Waals surface area contributed by atoms with Crippen molar-refractivity contribution in [3.63, 3.8) is 0 Å². The highest BCUT2D eigenvalue weighted by molar-refractivity contribution is 6.31. The summed E-state index contributed by atoms with van der Waals surface area (Å²) in [7, 11) is 0. The third-order valence-corrected chi connectivity index (χ3v) is 3.09. The second kappa shape index (κ2) is 5.88. The van der Waals surface area contributed by atoms with E-state index in [0.29, 0.717) is 5.56 Å². The Bertz CT molecular complexity index is 734. The number of anilines is 1. The molecule has 0 heterocycles. The van der Waals surface area contributed by atoms with Gasteiger partial charge in [0.2, 0.25) is 0 Å². The molecule has 7 heteroatoms. The third-order valence-electron chi connectivity index (χ3n) is 2.85. The predicted octanol–water partition coefficient (Wildman–Crippen LogP) is 3.95. The maximum atomic E-state index is 13.6. The maximum Gasteiger partial charge on any atom is 0.271 e. The van der Waals surface area contributed by atoms with E-state index < -0.39 is 16.6 Å². The summed E-state index contributed by atoms with van der Waals surface area (Å²) in [5, 5.41) is 13.4. The Kier molecular flexibility index (Phi) is 4.18. The standard InChI is InChI=1S/C14H10ClFN2O3/c1-8-2-4-10(18(20)21)7-13(8)17-14(19)11-6-9(15)3-5-12(11)16/h2-7H,1H3,(H,17,19). The van der Waals surface area contributed by atoms with Crippen LogP contribution >= 0.6 is 11.6 Å². The van der Waals surface area contributed by atoms with E-state index in [1.165, 1.54) is 30.3 Å². The Morgan fingerprint density at radius 1 is 1.29 bits per heavy atom. The molecule has 0 saturated heterocycles. The van der Waals surface area contributed by atoms with E-state index in [4.69, 9.17) is 11.6 Å². The zero-order chi connectivity index (χ0) is 15.6. The van der Waals surface area contributed by atoms with Crippen LogP contribution in [0.5, 0.6) is 0 Å². The summed E-state index contributed by atoms with van der Waals surface area (Å²) < 4.78 is 13.6. The highest BCUT2D eigenvalue weighted by Gasteiger charge is 2.15. The van der Waals surface area contributed by atoms with Crippen molar-refractivity contribution in [2.45, 2.75) is 6.92 Å². The van der Waals surface area contributed by atoms with E-state index in [1.54, 1.807) is 6.92 Å². The molecule has 0 aliphatic rings. The van der Waals surface area contributed by atoms with Gasteiger partial charge in [-0.25, -0.2) is 4.39 Å². The summed E-state index contributed by atoms with van der Waals surface area (Å²) in [5.74, 6) is -1.45. The minimum absolute atomic E-state index is 0.164. The van der Waals surface area contributed by atoms with Gasteiger partial charge < -0.3 is 5.32 Å². The first-order valence-corrected chi connectivity index (χ1v) is 6.27. The molecule has 5 nitrogen and oxygen atoms in total. The SMILES string of the molecule is Cc1ccc([N+](=O)[O-])cc1NC(=O)c1cc(Cl)ccc1F. The molecule has 2 rings (SSSR count). The van der Waals surface area contributed by atoms with Gasteiger partial charge in [0.15, 0.2) is 0 Å². The number of nitrogens with zero attached hydrogens (tertiary/aromatic N) is 1. The first-order chi connectivity index (χ1) is 9.88. The fourth-order valence-corrected chi connectivity index (χ4v) is 1.89. The lowest BCUT2D eigenvalue weighted by Crippen LogP contribution is -2.14. The van der Waals surface area contributed by atoms with E-state index >= 15 is 0 Å². The Labute approximate surface area is 124 Å². The first kappa shape index (κ1) is 14.9. The Morgan fingerprint density at radius 3 is 2.67 bits per heavy atom. The first-order valence-electron chi connectivity index (χ1n) is 5.90. The Morgan fingerprint density at radius 2 is 2.00 bits per heavy atom. The largest absolute Gasteiger partial charge is 0.321 e. The molecule has 0 unspecified atom stereocenters. The van der Waals surface area contributed by atoms with E-state index in [0.717, 1.165) is 6.07 Å². The summed E-state index contributed by atoms with van der Waals surface area (Å²) >= 11 is 5.73. The van der Waals surface area contributed by atoms with Crippen molar-refractivity contribution in [2.75, 3.05) is 5.32 Å². The number of aryl methyl sites for hydroxylation is 1. The summed E-state index contributed by atoms with van der Waals surface area (Å²) in [6.07, 6.45) is 0. The zero-order valence-corrected chi connectivity index (χ0v) is 11.6. The molecule has 0 aromatic heterocycles. The average Bonchev–Trinajstić information content (AvgIpc) is 2.43. The highest BCUT2D eigenvalue weighted by atomic mass is 35.5. The lowest BCUT2D eigenvalue weighted by molar-refractivity contribution is -0.384. The molecular formula is C14H10ClFN2O3. The molecule has 0 radical (unpaired) electrons. The molecule has 0 fully saturated rings. The van der Waals surface area contributed by atoms with Gasteiger partial charge in [0.25, 0.3) is 11.6 Å². The Hall–Kier alpha value is -2.47. The number of carbonyl (C=O) groups excluding carboxylic acids is 1. The van der Waals surface area contributed by atoms with Crippen LogP contribution in [0.15, 0.2) is 36.4 Å². The van der Waals surface area contributed by atoms with Crippen LogP contribution in [0.4, 0.5) is 15.8 Å². The fourth-order valence-electron chi connectivity index (χ4n) is 1.72. The fraction of sp³-hybridized carbons (Fsp3) is 0.0714. The minimum Gasteiger partial charge on any atom is -0.321 e. The predicted molar refractivity (Wildman–Crippen MR) is 77.2 cm³/mol. The number of nitrogens with one attached hydrogen (secondary N) is 1. The number of nitro groups is 1. The van der Waals surface area contributed by atoms with Gasteiger partial charge in [-0.05, 0) is 30.7 Å². The molecule has 0 spiro atoms. The van der Waals surface area contributed by atoms with Crippen LogP contribution in [0, 0.1) is 22.9 Å². The van der Waals surface area contributed by atoms with Gasteiger partial charge in [-0.1, -0.05) is 17.7 Å². The van der Waals surface area contributed by atoms with Gasteiger partial charge in [-0.15, -0.1) is 0 Å². The summed E-state index contributed by atoms with van der Waals surface area (Å²) in [5.41, 5.74) is 0.473. The molecular weight excluding hydrogens is 299 g/mol. The molecule has 1 amide bonds. The molecule has 0 saturated carbocycles. The number of amides is 1. The molecule has 0 aliphatic heterocycles. The molecule has 2 aromatic carbocycles. The van der Waals surface area contributed by atoms with Crippen molar-refractivity contribution in [3.8, 4) is 0 Å². The smallest absolute Gasteiger partial charge is 0.271 e. The van der Waals surface area contributed by atoms with Crippen LogP contribution in [0.1, 0.15) is 15.9 Å². The van der Waals surface area contributed by atoms with Gasteiger partial charge in [0.05, 0.1) is 16.2 Å². The van der Waals surface area contributed by atoms with Gasteiger partial charge in [-0.2, -0.15) is 0 Å². The number of nitro benzene ring substituents is 1. The van der Waals surface area contributed by atoms with Crippen LogP contribution < -0.4 is 5.32 Å². The van der Waals surface area contributed by atoms with Crippen LogP contribution in [0.25, 0.3) is 0 Å². The number of hydrogen-bond acceptors (Lipinski definition) is 3. The summed E-state index contributed by atoms with van der Waals surface area (Å²) in [6.45, 7) is 1.67. The average molecular weight is 309 g/mol. The second-order valence-corrected chi connectivity index (χ2v) is 4.77. The molecule has 0 aliphatic carbocycles. The number of benzene rings is 2. The number of carbonyl (C=O) groups is 1. The van der Waals surface area contributed by atoms with Crippen molar-refractivity contribution in [3.05, 3.63) is 68.5 Å². The lowest BCUT2D eigenvalue weighted by Gasteiger charge is -2.09. The maximum absolute atomic E-state index is 13.6. The minimum atomic E-state index is -0.724. The lowest BCUT2D eigenvalue weighted by atomic mass is 10.1. The number of non-ortho nitro benzene ring substituents is 1. The molecule has 0 bridgehead atoms. The van der Waals surface area contributed by atoms with Gasteiger partial charge in [-0.3, -0.25) is 14.9 Å². The summed E-state index contributed by atoms with van der Waals surface area (Å²) in [4.78, 5) is 22.2. The quantitative estimate of drug-likeness (QED) is 0.689. The summed E-state index contributed by atoms with van der Waals surface area (Å²) in [6, 6.07) is 7.64. The molecule has 0 atom stereocenters. The topological polar surface area (TPSA) is 72.2 Å². The van der Waals surface area contributed by atoms with Crippen LogP contribution in [0.2, 0.25) is 5.02 Å². The van der Waals surface area contributed by atoms with Gasteiger partial charge in [0.1, 0.15) is 5.82 Å². The Balaban J connectivity index is 2.33.